The summed E-state index contributed by atoms with van der Waals surface area (Å²) in [7, 11) is 0. The van der Waals surface area contributed by atoms with E-state index >= 15 is 0 Å². The van der Waals surface area contributed by atoms with Crippen LogP contribution in [-0.4, -0.2) is 19.9 Å². The van der Waals surface area contributed by atoms with Crippen molar-refractivity contribution in [2.75, 3.05) is 5.73 Å². The standard InChI is InChI=1S/C15H11N5O/c16-15-17-3-1-13(20-15)12-7-19-14-11(12)5-10(6-18-14)9-2-4-21-8-9/h1-8H,(H,18,19)(H2,16,17,20). The first-order chi connectivity index (χ1) is 10.3. The van der Waals surface area contributed by atoms with Crippen LogP contribution >= 0.6 is 0 Å². The lowest BCUT2D eigenvalue weighted by molar-refractivity contribution is 0.568. The minimum Gasteiger partial charge on any atom is -0.472 e. The molecule has 21 heavy (non-hydrogen) atoms. The molecule has 0 aliphatic carbocycles. The van der Waals surface area contributed by atoms with Crippen LogP contribution in [-0.2, 0) is 0 Å². The molecule has 4 heterocycles. The predicted octanol–water partition coefficient (Wildman–Crippen LogP) is 2.86. The monoisotopic (exact) mass is 277 g/mol. The Bertz CT molecular complexity index is 911. The number of furan rings is 1. The van der Waals surface area contributed by atoms with E-state index in [9.17, 15) is 0 Å². The molecule has 102 valence electrons. The minimum absolute atomic E-state index is 0.251. The van der Waals surface area contributed by atoms with Gasteiger partial charge < -0.3 is 15.1 Å². The van der Waals surface area contributed by atoms with Crippen LogP contribution in [0.15, 0.2) is 53.7 Å². The Hall–Kier alpha value is -3.15. The molecule has 4 aromatic heterocycles. The molecule has 6 nitrogen and oxygen atoms in total. The first-order valence-corrected chi connectivity index (χ1v) is 6.40. The molecule has 0 radical (unpaired) electrons. The summed E-state index contributed by atoms with van der Waals surface area (Å²) in [5.74, 6) is 0.251. The van der Waals surface area contributed by atoms with Gasteiger partial charge >= 0.3 is 0 Å². The smallest absolute Gasteiger partial charge is 0.220 e. The summed E-state index contributed by atoms with van der Waals surface area (Å²) in [5.41, 5.74) is 10.1. The van der Waals surface area contributed by atoms with Crippen molar-refractivity contribution in [3.63, 3.8) is 0 Å². The van der Waals surface area contributed by atoms with E-state index in [2.05, 4.69) is 26.0 Å². The van der Waals surface area contributed by atoms with Crippen LogP contribution in [0.25, 0.3) is 33.4 Å². The third-order valence-corrected chi connectivity index (χ3v) is 3.34. The van der Waals surface area contributed by atoms with Gasteiger partial charge in [0, 0.05) is 40.7 Å². The van der Waals surface area contributed by atoms with Crippen molar-refractivity contribution in [1.82, 2.24) is 19.9 Å². The Kier molecular flexibility index (Phi) is 2.47. The Morgan fingerprint density at radius 2 is 2.10 bits per heavy atom. The van der Waals surface area contributed by atoms with Crippen molar-refractivity contribution in [2.24, 2.45) is 0 Å². The molecular weight excluding hydrogens is 266 g/mol. The largest absolute Gasteiger partial charge is 0.472 e. The number of aromatic nitrogens is 4. The molecule has 0 saturated heterocycles. The molecule has 0 spiro atoms. The maximum Gasteiger partial charge on any atom is 0.220 e. The fourth-order valence-corrected chi connectivity index (χ4v) is 2.33. The summed E-state index contributed by atoms with van der Waals surface area (Å²) >= 11 is 0. The summed E-state index contributed by atoms with van der Waals surface area (Å²) in [6.07, 6.45) is 8.66. The van der Waals surface area contributed by atoms with Gasteiger partial charge in [0.15, 0.2) is 0 Å². The van der Waals surface area contributed by atoms with Gasteiger partial charge in [-0.15, -0.1) is 0 Å². The number of H-pyrrole nitrogens is 1. The summed E-state index contributed by atoms with van der Waals surface area (Å²) < 4.78 is 5.12. The van der Waals surface area contributed by atoms with Crippen molar-refractivity contribution in [3.05, 3.63) is 49.3 Å². The van der Waals surface area contributed by atoms with Crippen molar-refractivity contribution < 1.29 is 4.42 Å². The summed E-state index contributed by atoms with van der Waals surface area (Å²) in [6, 6.07) is 5.78. The first-order valence-electron chi connectivity index (χ1n) is 6.40. The van der Waals surface area contributed by atoms with Crippen molar-refractivity contribution >= 4 is 17.0 Å². The van der Waals surface area contributed by atoms with E-state index in [1.54, 1.807) is 18.7 Å². The molecule has 0 aliphatic rings. The van der Waals surface area contributed by atoms with Crippen molar-refractivity contribution in [3.8, 4) is 22.4 Å². The molecule has 0 aliphatic heterocycles. The molecule has 3 N–H and O–H groups in total. The highest BCUT2D eigenvalue weighted by atomic mass is 16.3. The van der Waals surface area contributed by atoms with Gasteiger partial charge in [0.05, 0.1) is 18.2 Å². The second kappa shape index (κ2) is 4.45. The Morgan fingerprint density at radius 3 is 2.90 bits per heavy atom. The van der Waals surface area contributed by atoms with Gasteiger partial charge in [-0.05, 0) is 18.2 Å². The molecule has 0 bridgehead atoms. The zero-order valence-corrected chi connectivity index (χ0v) is 10.9. The molecular formula is C15H11N5O. The van der Waals surface area contributed by atoms with Crippen molar-refractivity contribution in [1.29, 1.82) is 0 Å². The lowest BCUT2D eigenvalue weighted by atomic mass is 10.1. The molecule has 0 atom stereocenters. The fraction of sp³-hybridized carbons (Fsp3) is 0. The molecule has 0 saturated carbocycles. The van der Waals surface area contributed by atoms with Crippen LogP contribution in [0, 0.1) is 0 Å². The Balaban J connectivity index is 1.92. The zero-order valence-electron chi connectivity index (χ0n) is 10.9. The molecule has 4 aromatic rings. The number of pyridine rings is 1. The highest BCUT2D eigenvalue weighted by Gasteiger charge is 2.10. The van der Waals surface area contributed by atoms with Gasteiger partial charge in [-0.3, -0.25) is 0 Å². The van der Waals surface area contributed by atoms with Crippen LogP contribution in [0.5, 0.6) is 0 Å². The lowest BCUT2D eigenvalue weighted by Crippen LogP contribution is -1.94. The van der Waals surface area contributed by atoms with E-state index < -0.39 is 0 Å². The maximum atomic E-state index is 5.66. The average molecular weight is 277 g/mol. The molecule has 0 amide bonds. The zero-order chi connectivity index (χ0) is 14.2. The van der Waals surface area contributed by atoms with E-state index in [-0.39, 0.29) is 5.95 Å². The van der Waals surface area contributed by atoms with Gasteiger partial charge in [-0.2, -0.15) is 0 Å². The molecule has 0 aromatic carbocycles. The van der Waals surface area contributed by atoms with Crippen molar-refractivity contribution in [2.45, 2.75) is 0 Å². The van der Waals surface area contributed by atoms with Gasteiger partial charge in [-0.1, -0.05) is 0 Å². The lowest BCUT2D eigenvalue weighted by Gasteiger charge is -2.01. The number of anilines is 1. The number of nitrogen functional groups attached to an aromatic ring is 1. The molecule has 0 fully saturated rings. The van der Waals surface area contributed by atoms with Crippen LogP contribution in [0.4, 0.5) is 5.95 Å². The van der Waals surface area contributed by atoms with Gasteiger partial charge in [0.2, 0.25) is 5.95 Å². The van der Waals surface area contributed by atoms with E-state index in [1.807, 2.05) is 24.5 Å². The number of hydrogen-bond acceptors (Lipinski definition) is 5. The highest BCUT2D eigenvalue weighted by molar-refractivity contribution is 5.94. The molecule has 4 rings (SSSR count). The molecule has 0 unspecified atom stereocenters. The van der Waals surface area contributed by atoms with Crippen LogP contribution in [0.3, 0.4) is 0 Å². The number of nitrogens with two attached hydrogens (primary N) is 1. The molecule has 6 heteroatoms. The third-order valence-electron chi connectivity index (χ3n) is 3.34. The Labute approximate surface area is 119 Å². The normalized spacial score (nSPS) is 11.0. The topological polar surface area (TPSA) is 93.6 Å². The number of fused-ring (bicyclic) bond motifs is 1. The summed E-state index contributed by atoms with van der Waals surface area (Å²) in [4.78, 5) is 15.8. The highest BCUT2D eigenvalue weighted by Crippen LogP contribution is 2.30. The van der Waals surface area contributed by atoms with E-state index in [1.165, 1.54) is 0 Å². The number of hydrogen-bond donors (Lipinski definition) is 2. The maximum absolute atomic E-state index is 5.66. The summed E-state index contributed by atoms with van der Waals surface area (Å²) in [6.45, 7) is 0. The SMILES string of the molecule is Nc1nccc(-c2c[nH]c3ncc(-c4ccoc4)cc23)n1. The van der Waals surface area contributed by atoms with Gasteiger partial charge in [0.1, 0.15) is 5.65 Å². The third kappa shape index (κ3) is 1.93. The van der Waals surface area contributed by atoms with Gasteiger partial charge in [0.25, 0.3) is 0 Å². The van der Waals surface area contributed by atoms with Crippen LogP contribution < -0.4 is 5.73 Å². The summed E-state index contributed by atoms with van der Waals surface area (Å²) in [5, 5.41) is 0.979. The number of aromatic amines is 1. The van der Waals surface area contributed by atoms with Crippen LogP contribution in [0.2, 0.25) is 0 Å². The first kappa shape index (κ1) is 11.7. The second-order valence-corrected chi connectivity index (χ2v) is 4.63. The van der Waals surface area contributed by atoms with E-state index in [0.29, 0.717) is 0 Å². The van der Waals surface area contributed by atoms with Crippen LogP contribution in [0.1, 0.15) is 0 Å². The number of nitrogens with zero attached hydrogens (tertiary/aromatic N) is 3. The second-order valence-electron chi connectivity index (χ2n) is 4.63. The Morgan fingerprint density at radius 1 is 1.14 bits per heavy atom. The minimum atomic E-state index is 0.251. The average Bonchev–Trinajstić information content (AvgIpc) is 3.16. The van der Waals surface area contributed by atoms with Gasteiger partial charge in [-0.25, -0.2) is 15.0 Å². The fourth-order valence-electron chi connectivity index (χ4n) is 2.33. The number of nitrogens with one attached hydrogen (secondary N) is 1. The quantitative estimate of drug-likeness (QED) is 0.587. The number of rotatable bonds is 2. The van der Waals surface area contributed by atoms with E-state index in [4.69, 9.17) is 10.2 Å². The van der Waals surface area contributed by atoms with E-state index in [0.717, 1.165) is 33.4 Å². The predicted molar refractivity (Wildman–Crippen MR) is 79.2 cm³/mol.